The summed E-state index contributed by atoms with van der Waals surface area (Å²) in [6, 6.07) is 1.14. The summed E-state index contributed by atoms with van der Waals surface area (Å²) < 4.78 is 1.04. The first-order chi connectivity index (χ1) is 5.04. The summed E-state index contributed by atoms with van der Waals surface area (Å²) in [7, 11) is 0. The summed E-state index contributed by atoms with van der Waals surface area (Å²) in [5.74, 6) is -0.620. The van der Waals surface area contributed by atoms with Crippen LogP contribution in [0.4, 0.5) is 0 Å². The van der Waals surface area contributed by atoms with Gasteiger partial charge in [-0.2, -0.15) is 0 Å². The lowest BCUT2D eigenvalue weighted by Gasteiger charge is -1.99. The van der Waals surface area contributed by atoms with Crippen LogP contribution in [0.2, 0.25) is 0 Å². The first kappa shape index (κ1) is 7.65. The summed E-state index contributed by atoms with van der Waals surface area (Å²) >= 11 is 0. The van der Waals surface area contributed by atoms with Crippen LogP contribution in [0, 0.1) is 6.92 Å². The van der Waals surface area contributed by atoms with Crippen LogP contribution >= 0.6 is 0 Å². The van der Waals surface area contributed by atoms with Gasteiger partial charge in [-0.25, -0.2) is 0 Å². The van der Waals surface area contributed by atoms with E-state index >= 15 is 0 Å². The molecule has 1 rings (SSSR count). The van der Waals surface area contributed by atoms with E-state index in [-0.39, 0.29) is 17.5 Å². The van der Waals surface area contributed by atoms with Crippen LogP contribution in [0.15, 0.2) is 6.07 Å². The molecule has 0 fully saturated rings. The smallest absolute Gasteiger partial charge is 0.230 e. The number of hydrogen-bond acceptors (Lipinski definition) is 3. The summed E-state index contributed by atoms with van der Waals surface area (Å²) in [6.07, 6.45) is 0. The van der Waals surface area contributed by atoms with Gasteiger partial charge in [0.1, 0.15) is 5.75 Å². The number of aromatic hydroxyl groups is 2. The summed E-state index contributed by atoms with van der Waals surface area (Å²) in [5.41, 5.74) is 0.356. The van der Waals surface area contributed by atoms with Gasteiger partial charge in [0.25, 0.3) is 0 Å². The molecule has 0 bridgehead atoms. The van der Waals surface area contributed by atoms with Gasteiger partial charge in [-0.1, -0.05) is 0 Å². The predicted octanol–water partition coefficient (Wildman–Crippen LogP) is 0.868. The van der Waals surface area contributed by atoms with Crippen molar-refractivity contribution >= 4 is 5.91 Å². The van der Waals surface area contributed by atoms with Gasteiger partial charge in [0.2, 0.25) is 11.8 Å². The molecule has 0 atom stereocenters. The molecule has 11 heavy (non-hydrogen) atoms. The van der Waals surface area contributed by atoms with E-state index in [1.54, 1.807) is 6.92 Å². The molecule has 2 N–H and O–H groups in total. The SMILES string of the molecule is CC(=O)n1c(O)cc(O)c1C. The average molecular weight is 155 g/mol. The van der Waals surface area contributed by atoms with Crippen molar-refractivity contribution in [3.63, 3.8) is 0 Å². The third-order valence-electron chi connectivity index (χ3n) is 1.52. The Bertz CT molecular complexity index is 301. The van der Waals surface area contributed by atoms with E-state index in [9.17, 15) is 4.79 Å². The quantitative estimate of drug-likeness (QED) is 0.584. The number of carbonyl (C=O) groups is 1. The molecule has 1 aromatic heterocycles. The van der Waals surface area contributed by atoms with E-state index in [4.69, 9.17) is 10.2 Å². The normalized spacial score (nSPS) is 10.0. The van der Waals surface area contributed by atoms with Gasteiger partial charge in [0.15, 0.2) is 0 Å². The van der Waals surface area contributed by atoms with Gasteiger partial charge >= 0.3 is 0 Å². The number of hydrogen-bond donors (Lipinski definition) is 2. The van der Waals surface area contributed by atoms with Crippen molar-refractivity contribution in [3.8, 4) is 11.6 Å². The zero-order valence-corrected chi connectivity index (χ0v) is 6.33. The molecule has 1 aromatic rings. The van der Waals surface area contributed by atoms with E-state index in [0.717, 1.165) is 10.6 Å². The molecule has 0 saturated carbocycles. The monoisotopic (exact) mass is 155 g/mol. The average Bonchev–Trinajstić information content (AvgIpc) is 2.07. The molecule has 4 heteroatoms. The summed E-state index contributed by atoms with van der Waals surface area (Å²) in [5, 5.41) is 18.1. The second kappa shape index (κ2) is 2.30. The topological polar surface area (TPSA) is 62.5 Å². The molecule has 0 aromatic carbocycles. The van der Waals surface area contributed by atoms with E-state index in [0.29, 0.717) is 5.69 Å². The third-order valence-corrected chi connectivity index (χ3v) is 1.52. The lowest BCUT2D eigenvalue weighted by molar-refractivity contribution is 0.0925. The van der Waals surface area contributed by atoms with Crippen LogP contribution in [0.3, 0.4) is 0 Å². The largest absolute Gasteiger partial charge is 0.506 e. The highest BCUT2D eigenvalue weighted by atomic mass is 16.3. The fourth-order valence-corrected chi connectivity index (χ4v) is 0.975. The van der Waals surface area contributed by atoms with Gasteiger partial charge in [0.05, 0.1) is 5.69 Å². The van der Waals surface area contributed by atoms with Crippen LogP contribution in [0.5, 0.6) is 11.6 Å². The number of rotatable bonds is 0. The Hall–Kier alpha value is -1.45. The maximum Gasteiger partial charge on any atom is 0.230 e. The van der Waals surface area contributed by atoms with Crippen molar-refractivity contribution in [1.29, 1.82) is 0 Å². The number of nitrogens with zero attached hydrogens (tertiary/aromatic N) is 1. The molecule has 4 nitrogen and oxygen atoms in total. The Kier molecular flexibility index (Phi) is 1.60. The maximum absolute atomic E-state index is 10.8. The Morgan fingerprint density at radius 2 is 2.09 bits per heavy atom. The van der Waals surface area contributed by atoms with Crippen molar-refractivity contribution in [2.45, 2.75) is 13.8 Å². The highest BCUT2D eigenvalue weighted by molar-refractivity contribution is 5.79. The molecular weight excluding hydrogens is 146 g/mol. The van der Waals surface area contributed by atoms with Crippen LogP contribution in [0.1, 0.15) is 17.4 Å². The molecule has 60 valence electrons. The molecular formula is C7H9NO3. The van der Waals surface area contributed by atoms with Gasteiger partial charge in [0, 0.05) is 13.0 Å². The van der Waals surface area contributed by atoms with Gasteiger partial charge in [-0.05, 0) is 6.92 Å². The Labute approximate surface area is 63.7 Å². The molecule has 0 saturated heterocycles. The standard InChI is InChI=1S/C7H9NO3/c1-4-6(10)3-7(11)8(4)5(2)9/h3,10-11H,1-2H3. The van der Waals surface area contributed by atoms with Crippen LogP contribution in [0.25, 0.3) is 0 Å². The van der Waals surface area contributed by atoms with Gasteiger partial charge in [-0.15, -0.1) is 0 Å². The second-order valence-corrected chi connectivity index (χ2v) is 2.33. The first-order valence-corrected chi connectivity index (χ1v) is 3.15. The Morgan fingerprint density at radius 3 is 2.27 bits per heavy atom. The van der Waals surface area contributed by atoms with Crippen molar-refractivity contribution in [1.82, 2.24) is 4.57 Å². The fraction of sp³-hybridized carbons (Fsp3) is 0.286. The molecule has 0 aliphatic carbocycles. The van der Waals surface area contributed by atoms with Crippen molar-refractivity contribution in [2.75, 3.05) is 0 Å². The van der Waals surface area contributed by atoms with E-state index < -0.39 is 0 Å². The fourth-order valence-electron chi connectivity index (χ4n) is 0.975. The summed E-state index contributed by atoms with van der Waals surface area (Å²) in [6.45, 7) is 2.86. The lowest BCUT2D eigenvalue weighted by atomic mass is 10.4. The van der Waals surface area contributed by atoms with Crippen LogP contribution < -0.4 is 0 Å². The van der Waals surface area contributed by atoms with Crippen LogP contribution in [-0.2, 0) is 0 Å². The maximum atomic E-state index is 10.8. The number of aromatic nitrogens is 1. The first-order valence-electron chi connectivity index (χ1n) is 3.15. The number of carbonyl (C=O) groups excluding carboxylic acids is 1. The van der Waals surface area contributed by atoms with Gasteiger partial charge < -0.3 is 10.2 Å². The van der Waals surface area contributed by atoms with E-state index in [2.05, 4.69) is 0 Å². The molecule has 0 unspecified atom stereocenters. The predicted molar refractivity (Wildman–Crippen MR) is 38.8 cm³/mol. The Morgan fingerprint density at radius 1 is 1.55 bits per heavy atom. The molecule has 0 spiro atoms. The molecule has 0 aliphatic heterocycles. The van der Waals surface area contributed by atoms with E-state index in [1.165, 1.54) is 6.92 Å². The molecule has 0 aliphatic rings. The van der Waals surface area contributed by atoms with Crippen molar-refractivity contribution < 1.29 is 15.0 Å². The van der Waals surface area contributed by atoms with Crippen molar-refractivity contribution in [2.24, 2.45) is 0 Å². The molecule has 1 heterocycles. The zero-order valence-electron chi connectivity index (χ0n) is 6.33. The molecule has 0 amide bonds. The third kappa shape index (κ3) is 1.07. The van der Waals surface area contributed by atoms with E-state index in [1.807, 2.05) is 0 Å². The minimum Gasteiger partial charge on any atom is -0.506 e. The van der Waals surface area contributed by atoms with Gasteiger partial charge in [-0.3, -0.25) is 9.36 Å². The van der Waals surface area contributed by atoms with Crippen molar-refractivity contribution in [3.05, 3.63) is 11.8 Å². The lowest BCUT2D eigenvalue weighted by Crippen LogP contribution is -2.06. The minimum atomic E-state index is -0.319. The highest BCUT2D eigenvalue weighted by Gasteiger charge is 2.12. The summed E-state index contributed by atoms with van der Waals surface area (Å²) in [4.78, 5) is 10.8. The minimum absolute atomic E-state index is 0.0716. The second-order valence-electron chi connectivity index (χ2n) is 2.33. The van der Waals surface area contributed by atoms with Crippen LogP contribution in [-0.4, -0.2) is 20.7 Å². The highest BCUT2D eigenvalue weighted by Crippen LogP contribution is 2.25. The zero-order chi connectivity index (χ0) is 8.59. The Balaban J connectivity index is 3.34. The molecule has 0 radical (unpaired) electrons.